The molecule has 5 fully saturated rings. The van der Waals surface area contributed by atoms with Crippen LogP contribution in [0.25, 0.3) is 0 Å². The summed E-state index contributed by atoms with van der Waals surface area (Å²) in [6.45, 7) is 4.80. The van der Waals surface area contributed by atoms with Gasteiger partial charge in [0.1, 0.15) is 0 Å². The van der Waals surface area contributed by atoms with Gasteiger partial charge in [-0.3, -0.25) is 0 Å². The van der Waals surface area contributed by atoms with Crippen molar-refractivity contribution in [2.45, 2.75) is 71.3 Å². The van der Waals surface area contributed by atoms with E-state index in [4.69, 9.17) is 0 Å². The van der Waals surface area contributed by atoms with E-state index in [1.807, 2.05) is 0 Å². The third-order valence-corrected chi connectivity index (χ3v) is 7.82. The lowest BCUT2D eigenvalue weighted by Crippen LogP contribution is -2.51. The minimum absolute atomic E-state index is 0.0277. The van der Waals surface area contributed by atoms with E-state index in [9.17, 15) is 5.11 Å². The van der Waals surface area contributed by atoms with Crippen LogP contribution in [-0.4, -0.2) is 11.2 Å². The lowest BCUT2D eigenvalue weighted by molar-refractivity contribution is -0.113. The van der Waals surface area contributed by atoms with E-state index in [1.54, 1.807) is 0 Å². The second kappa shape index (κ2) is 5.00. The third kappa shape index (κ3) is 2.16. The van der Waals surface area contributed by atoms with Crippen LogP contribution in [0.3, 0.4) is 0 Å². The number of hydrogen-bond donors (Lipinski definition) is 1. The van der Waals surface area contributed by atoms with E-state index in [1.165, 1.54) is 51.4 Å². The highest BCUT2D eigenvalue weighted by Crippen LogP contribution is 2.58. The molecule has 0 amide bonds. The van der Waals surface area contributed by atoms with Gasteiger partial charge in [0.25, 0.3) is 0 Å². The fourth-order valence-electron chi connectivity index (χ4n) is 6.74. The molecule has 114 valence electrons. The van der Waals surface area contributed by atoms with Gasteiger partial charge in [-0.2, -0.15) is 0 Å². The smallest absolute Gasteiger partial charge is 0.0601 e. The molecule has 1 nitrogen and oxygen atoms in total. The van der Waals surface area contributed by atoms with Crippen LogP contribution in [0, 0.1) is 47.3 Å². The maximum Gasteiger partial charge on any atom is 0.0601 e. The first-order chi connectivity index (χ1) is 9.61. The highest BCUT2D eigenvalue weighted by Gasteiger charge is 2.51. The van der Waals surface area contributed by atoms with Gasteiger partial charge in [-0.25, -0.2) is 0 Å². The van der Waals surface area contributed by atoms with E-state index in [0.717, 1.165) is 35.5 Å². The van der Waals surface area contributed by atoms with Gasteiger partial charge in [-0.05, 0) is 92.3 Å². The third-order valence-electron chi connectivity index (χ3n) is 7.82. The van der Waals surface area contributed by atoms with Crippen molar-refractivity contribution in [3.63, 3.8) is 0 Å². The van der Waals surface area contributed by atoms with Gasteiger partial charge in [0.2, 0.25) is 0 Å². The van der Waals surface area contributed by atoms with Crippen molar-refractivity contribution in [3.8, 4) is 0 Å². The second-order valence-corrected chi connectivity index (χ2v) is 9.03. The summed E-state index contributed by atoms with van der Waals surface area (Å²) in [5.74, 6) is 6.82. The van der Waals surface area contributed by atoms with E-state index < -0.39 is 0 Å². The Labute approximate surface area is 124 Å². The molecule has 0 aromatic carbocycles. The normalized spacial score (nSPS) is 56.0. The zero-order chi connectivity index (χ0) is 13.9. The first-order valence-electron chi connectivity index (χ1n) is 9.30. The maximum absolute atomic E-state index is 11.1. The van der Waals surface area contributed by atoms with Crippen LogP contribution in [0.5, 0.6) is 0 Å². The molecular weight excluding hydrogens is 244 g/mol. The molecule has 5 saturated carbocycles. The number of rotatable bonds is 2. The van der Waals surface area contributed by atoms with Gasteiger partial charge in [0, 0.05) is 0 Å². The SMILES string of the molecule is CC1CCC(C(O)C2C3CC4CC(C3)CC2C4)CC1C. The zero-order valence-electron chi connectivity index (χ0n) is 13.3. The molecule has 1 heteroatoms. The van der Waals surface area contributed by atoms with E-state index in [2.05, 4.69) is 13.8 Å². The van der Waals surface area contributed by atoms with Crippen molar-refractivity contribution in [2.24, 2.45) is 47.3 Å². The quantitative estimate of drug-likeness (QED) is 0.787. The summed E-state index contributed by atoms with van der Waals surface area (Å²) in [6, 6.07) is 0. The predicted molar refractivity (Wildman–Crippen MR) is 82.2 cm³/mol. The average Bonchev–Trinajstić information content (AvgIpc) is 2.40. The Kier molecular flexibility index (Phi) is 3.41. The molecule has 1 N–H and O–H groups in total. The molecule has 5 aliphatic carbocycles. The second-order valence-electron chi connectivity index (χ2n) is 9.03. The summed E-state index contributed by atoms with van der Waals surface area (Å²) in [4.78, 5) is 0. The molecule has 0 aromatic rings. The predicted octanol–water partition coefficient (Wildman–Crippen LogP) is 4.49. The van der Waals surface area contributed by atoms with Crippen molar-refractivity contribution in [3.05, 3.63) is 0 Å². The molecule has 0 aliphatic heterocycles. The van der Waals surface area contributed by atoms with Crippen LogP contribution in [0.4, 0.5) is 0 Å². The lowest BCUT2D eigenvalue weighted by Gasteiger charge is -2.57. The van der Waals surface area contributed by atoms with Crippen LogP contribution in [0.1, 0.15) is 65.2 Å². The summed E-state index contributed by atoms with van der Waals surface area (Å²) in [5, 5.41) is 11.1. The summed E-state index contributed by atoms with van der Waals surface area (Å²) >= 11 is 0. The minimum Gasteiger partial charge on any atom is -0.393 e. The van der Waals surface area contributed by atoms with E-state index in [0.29, 0.717) is 11.8 Å². The van der Waals surface area contributed by atoms with Gasteiger partial charge in [-0.15, -0.1) is 0 Å². The number of aliphatic hydroxyl groups excluding tert-OH is 1. The maximum atomic E-state index is 11.1. The molecule has 4 bridgehead atoms. The van der Waals surface area contributed by atoms with Crippen molar-refractivity contribution in [2.75, 3.05) is 0 Å². The van der Waals surface area contributed by atoms with Crippen molar-refractivity contribution in [1.82, 2.24) is 0 Å². The summed E-state index contributed by atoms with van der Waals surface area (Å²) < 4.78 is 0. The van der Waals surface area contributed by atoms with Crippen LogP contribution in [0.2, 0.25) is 0 Å². The topological polar surface area (TPSA) is 20.2 Å². The number of hydrogen-bond acceptors (Lipinski definition) is 1. The fourth-order valence-corrected chi connectivity index (χ4v) is 6.74. The Balaban J connectivity index is 1.47. The fraction of sp³-hybridized carbons (Fsp3) is 1.00. The summed E-state index contributed by atoms with van der Waals surface area (Å²) in [6.07, 6.45) is 11.3. The van der Waals surface area contributed by atoms with Crippen LogP contribution >= 0.6 is 0 Å². The van der Waals surface area contributed by atoms with Gasteiger partial charge >= 0.3 is 0 Å². The first-order valence-corrected chi connectivity index (χ1v) is 9.30. The molecule has 0 radical (unpaired) electrons. The van der Waals surface area contributed by atoms with Gasteiger partial charge in [0.05, 0.1) is 6.10 Å². The molecule has 0 aromatic heterocycles. The highest BCUT2D eigenvalue weighted by atomic mass is 16.3. The monoisotopic (exact) mass is 276 g/mol. The van der Waals surface area contributed by atoms with Crippen molar-refractivity contribution < 1.29 is 5.11 Å². The molecule has 0 heterocycles. The summed E-state index contributed by atoms with van der Waals surface area (Å²) in [5.41, 5.74) is 0. The van der Waals surface area contributed by atoms with Crippen LogP contribution in [0.15, 0.2) is 0 Å². The molecule has 5 rings (SSSR count). The molecule has 0 saturated heterocycles. The summed E-state index contributed by atoms with van der Waals surface area (Å²) in [7, 11) is 0. The molecule has 4 atom stereocenters. The standard InChI is InChI=1S/C19H32O/c1-11-3-4-15(5-12(11)2)19(20)18-16-7-13-6-14(9-16)10-17(18)8-13/h11-20H,3-10H2,1-2H3. The average molecular weight is 276 g/mol. The Morgan fingerprint density at radius 2 is 1.35 bits per heavy atom. The van der Waals surface area contributed by atoms with Crippen LogP contribution < -0.4 is 0 Å². The Hall–Kier alpha value is -0.0400. The zero-order valence-corrected chi connectivity index (χ0v) is 13.3. The Bertz CT molecular complexity index is 335. The number of aliphatic hydroxyl groups is 1. The van der Waals surface area contributed by atoms with E-state index in [-0.39, 0.29) is 6.10 Å². The highest BCUT2D eigenvalue weighted by molar-refractivity contribution is 5.01. The molecule has 4 unspecified atom stereocenters. The van der Waals surface area contributed by atoms with Crippen LogP contribution in [-0.2, 0) is 0 Å². The molecule has 20 heavy (non-hydrogen) atoms. The van der Waals surface area contributed by atoms with Gasteiger partial charge in [0.15, 0.2) is 0 Å². The molecule has 5 aliphatic rings. The Morgan fingerprint density at radius 3 is 1.90 bits per heavy atom. The molecular formula is C19H32O. The van der Waals surface area contributed by atoms with Gasteiger partial charge in [-0.1, -0.05) is 20.3 Å². The minimum atomic E-state index is 0.0277. The van der Waals surface area contributed by atoms with E-state index >= 15 is 0 Å². The van der Waals surface area contributed by atoms with Crippen molar-refractivity contribution >= 4 is 0 Å². The largest absolute Gasteiger partial charge is 0.393 e. The van der Waals surface area contributed by atoms with Gasteiger partial charge < -0.3 is 5.11 Å². The first kappa shape index (κ1) is 13.6. The van der Waals surface area contributed by atoms with Crippen molar-refractivity contribution in [1.29, 1.82) is 0 Å². The lowest BCUT2D eigenvalue weighted by atomic mass is 9.49. The Morgan fingerprint density at radius 1 is 0.750 bits per heavy atom. The molecule has 0 spiro atoms.